The van der Waals surface area contributed by atoms with Gasteiger partial charge in [-0.2, -0.15) is 0 Å². The Bertz CT molecular complexity index is 335. The molecule has 0 aliphatic heterocycles. The highest BCUT2D eigenvalue weighted by atomic mass is 79.9. The van der Waals surface area contributed by atoms with Crippen LogP contribution in [0.2, 0.25) is 0 Å². The van der Waals surface area contributed by atoms with Crippen molar-refractivity contribution in [3.8, 4) is 5.88 Å². The van der Waals surface area contributed by atoms with Gasteiger partial charge in [-0.05, 0) is 22.0 Å². The molecule has 6 heteroatoms. The molecular weight excluding hydrogens is 279 g/mol. The van der Waals surface area contributed by atoms with E-state index in [1.165, 1.54) is 13.2 Å². The van der Waals surface area contributed by atoms with Crippen molar-refractivity contribution < 1.29 is 13.5 Å². The summed E-state index contributed by atoms with van der Waals surface area (Å²) < 4.78 is 30.1. The standard InChI is InChI=1S/C8H7BrClF2NO/c1-14-8-4(7(11)12)2-5(9)6(3-10)13-8/h2,7H,3H2,1H3. The number of ether oxygens (including phenoxy) is 1. The molecule has 0 saturated carbocycles. The highest BCUT2D eigenvalue weighted by molar-refractivity contribution is 9.10. The molecule has 2 nitrogen and oxygen atoms in total. The fourth-order valence-electron chi connectivity index (χ4n) is 0.936. The van der Waals surface area contributed by atoms with Gasteiger partial charge in [0.25, 0.3) is 6.43 Å². The molecule has 0 aliphatic carbocycles. The molecule has 0 N–H and O–H groups in total. The molecule has 0 atom stereocenters. The molecule has 1 aromatic rings. The molecule has 0 radical (unpaired) electrons. The van der Waals surface area contributed by atoms with Gasteiger partial charge in [-0.15, -0.1) is 11.6 Å². The molecule has 1 rings (SSSR count). The summed E-state index contributed by atoms with van der Waals surface area (Å²) in [5, 5.41) is 0. The molecule has 0 aromatic carbocycles. The Balaban J connectivity index is 3.24. The van der Waals surface area contributed by atoms with Crippen molar-refractivity contribution in [3.05, 3.63) is 21.8 Å². The minimum absolute atomic E-state index is 0.0844. The van der Waals surface area contributed by atoms with Crippen LogP contribution in [0, 0.1) is 0 Å². The van der Waals surface area contributed by atoms with Crippen LogP contribution in [0.4, 0.5) is 8.78 Å². The van der Waals surface area contributed by atoms with Crippen molar-refractivity contribution in [2.75, 3.05) is 7.11 Å². The van der Waals surface area contributed by atoms with Crippen molar-refractivity contribution in [1.82, 2.24) is 4.98 Å². The van der Waals surface area contributed by atoms with E-state index in [1.807, 2.05) is 0 Å². The highest BCUT2D eigenvalue weighted by Crippen LogP contribution is 2.31. The number of hydrogen-bond donors (Lipinski definition) is 0. The molecule has 1 heterocycles. The van der Waals surface area contributed by atoms with Gasteiger partial charge < -0.3 is 4.74 Å². The van der Waals surface area contributed by atoms with Gasteiger partial charge in [-0.1, -0.05) is 0 Å². The van der Waals surface area contributed by atoms with E-state index in [9.17, 15) is 8.78 Å². The Morgan fingerprint density at radius 3 is 2.71 bits per heavy atom. The van der Waals surface area contributed by atoms with Crippen LogP contribution in [0.15, 0.2) is 10.5 Å². The average molecular weight is 287 g/mol. The number of nitrogens with zero attached hydrogens (tertiary/aromatic N) is 1. The average Bonchev–Trinajstić information content (AvgIpc) is 2.17. The van der Waals surface area contributed by atoms with E-state index in [0.717, 1.165) is 0 Å². The van der Waals surface area contributed by atoms with Crippen molar-refractivity contribution >= 4 is 27.5 Å². The molecule has 0 saturated heterocycles. The second kappa shape index (κ2) is 4.89. The quantitative estimate of drug-likeness (QED) is 0.793. The smallest absolute Gasteiger partial charge is 0.269 e. The van der Waals surface area contributed by atoms with E-state index >= 15 is 0 Å². The zero-order chi connectivity index (χ0) is 10.7. The first-order valence-corrected chi connectivity index (χ1v) is 5.00. The monoisotopic (exact) mass is 285 g/mol. The fraction of sp³-hybridized carbons (Fsp3) is 0.375. The van der Waals surface area contributed by atoms with Gasteiger partial charge in [0.15, 0.2) is 0 Å². The summed E-state index contributed by atoms with van der Waals surface area (Å²) in [6, 6.07) is 1.27. The Morgan fingerprint density at radius 1 is 1.64 bits per heavy atom. The minimum Gasteiger partial charge on any atom is -0.481 e. The van der Waals surface area contributed by atoms with Crippen LogP contribution in [0.1, 0.15) is 17.7 Å². The summed E-state index contributed by atoms with van der Waals surface area (Å²) in [6.45, 7) is 0. The van der Waals surface area contributed by atoms with E-state index in [0.29, 0.717) is 10.2 Å². The lowest BCUT2D eigenvalue weighted by molar-refractivity contribution is 0.146. The Kier molecular flexibility index (Phi) is 4.07. The highest BCUT2D eigenvalue weighted by Gasteiger charge is 2.17. The Labute approximate surface area is 93.4 Å². The van der Waals surface area contributed by atoms with Gasteiger partial charge in [0.2, 0.25) is 5.88 Å². The second-order valence-corrected chi connectivity index (χ2v) is 3.57. The van der Waals surface area contributed by atoms with Crippen LogP contribution in [-0.2, 0) is 5.88 Å². The van der Waals surface area contributed by atoms with Gasteiger partial charge in [0.1, 0.15) is 0 Å². The largest absolute Gasteiger partial charge is 0.481 e. The van der Waals surface area contributed by atoms with Crippen LogP contribution in [-0.4, -0.2) is 12.1 Å². The van der Waals surface area contributed by atoms with Crippen LogP contribution < -0.4 is 4.74 Å². The van der Waals surface area contributed by atoms with Gasteiger partial charge in [0.05, 0.1) is 24.2 Å². The van der Waals surface area contributed by atoms with Crippen molar-refractivity contribution in [3.63, 3.8) is 0 Å². The lowest BCUT2D eigenvalue weighted by Gasteiger charge is -2.09. The number of rotatable bonds is 3. The van der Waals surface area contributed by atoms with Gasteiger partial charge in [-0.25, -0.2) is 13.8 Å². The third-order valence-corrected chi connectivity index (χ3v) is 2.54. The van der Waals surface area contributed by atoms with E-state index < -0.39 is 6.43 Å². The zero-order valence-electron chi connectivity index (χ0n) is 7.23. The lowest BCUT2D eigenvalue weighted by atomic mass is 10.2. The molecule has 0 aliphatic rings. The van der Waals surface area contributed by atoms with E-state index in [-0.39, 0.29) is 17.3 Å². The molecule has 0 unspecified atom stereocenters. The zero-order valence-corrected chi connectivity index (χ0v) is 9.57. The number of halogens is 4. The summed E-state index contributed by atoms with van der Waals surface area (Å²) in [5.41, 5.74) is 0.237. The maximum atomic E-state index is 12.5. The molecular formula is C8H7BrClF2NO. The molecule has 14 heavy (non-hydrogen) atoms. The van der Waals surface area contributed by atoms with E-state index in [2.05, 4.69) is 20.9 Å². The van der Waals surface area contributed by atoms with Gasteiger partial charge in [-0.3, -0.25) is 0 Å². The summed E-state index contributed by atoms with van der Waals surface area (Å²) in [4.78, 5) is 3.85. The number of hydrogen-bond acceptors (Lipinski definition) is 2. The van der Waals surface area contributed by atoms with E-state index in [4.69, 9.17) is 16.3 Å². The third-order valence-electron chi connectivity index (χ3n) is 1.60. The second-order valence-electron chi connectivity index (χ2n) is 2.45. The Morgan fingerprint density at radius 2 is 2.29 bits per heavy atom. The normalized spacial score (nSPS) is 10.7. The summed E-state index contributed by atoms with van der Waals surface area (Å²) in [5.74, 6) is 0.0549. The molecule has 0 amide bonds. The molecule has 0 bridgehead atoms. The fourth-order valence-corrected chi connectivity index (χ4v) is 1.78. The van der Waals surface area contributed by atoms with Crippen LogP contribution >= 0.6 is 27.5 Å². The minimum atomic E-state index is -2.61. The maximum Gasteiger partial charge on any atom is 0.269 e. The lowest BCUT2D eigenvalue weighted by Crippen LogP contribution is -1.99. The predicted octanol–water partition coefficient (Wildman–Crippen LogP) is 3.53. The number of pyridine rings is 1. The summed E-state index contributed by atoms with van der Waals surface area (Å²) in [7, 11) is 1.29. The van der Waals surface area contributed by atoms with Crippen LogP contribution in [0.5, 0.6) is 5.88 Å². The first-order valence-electron chi connectivity index (χ1n) is 3.67. The topological polar surface area (TPSA) is 22.1 Å². The number of aromatic nitrogens is 1. The van der Waals surface area contributed by atoms with Crippen molar-refractivity contribution in [1.29, 1.82) is 0 Å². The SMILES string of the molecule is COc1nc(CCl)c(Br)cc1C(F)F. The van der Waals surface area contributed by atoms with Gasteiger partial charge in [0, 0.05) is 4.47 Å². The predicted molar refractivity (Wildman–Crippen MR) is 53.0 cm³/mol. The van der Waals surface area contributed by atoms with Gasteiger partial charge >= 0.3 is 0 Å². The number of alkyl halides is 3. The third kappa shape index (κ3) is 2.33. The van der Waals surface area contributed by atoms with Crippen molar-refractivity contribution in [2.24, 2.45) is 0 Å². The Hall–Kier alpha value is -0.420. The van der Waals surface area contributed by atoms with Crippen LogP contribution in [0.3, 0.4) is 0 Å². The first kappa shape index (κ1) is 11.7. The number of methoxy groups -OCH3 is 1. The van der Waals surface area contributed by atoms with Crippen molar-refractivity contribution in [2.45, 2.75) is 12.3 Å². The first-order chi connectivity index (χ1) is 6.60. The molecule has 0 spiro atoms. The molecule has 1 aromatic heterocycles. The summed E-state index contributed by atoms with van der Waals surface area (Å²) >= 11 is 8.66. The maximum absolute atomic E-state index is 12.5. The summed E-state index contributed by atoms with van der Waals surface area (Å²) in [6.07, 6.45) is -2.61. The molecule has 0 fully saturated rings. The van der Waals surface area contributed by atoms with E-state index in [1.54, 1.807) is 0 Å². The molecule has 78 valence electrons. The van der Waals surface area contributed by atoms with Crippen LogP contribution in [0.25, 0.3) is 0 Å².